The van der Waals surface area contributed by atoms with Gasteiger partial charge in [-0.2, -0.15) is 0 Å². The zero-order valence-electron chi connectivity index (χ0n) is 14.5. The number of rotatable bonds is 5. The first-order chi connectivity index (χ1) is 11.0. The van der Waals surface area contributed by atoms with Crippen LogP contribution in [0.25, 0.3) is 0 Å². The third-order valence-corrected chi connectivity index (χ3v) is 3.03. The quantitative estimate of drug-likeness (QED) is 0.465. The van der Waals surface area contributed by atoms with Gasteiger partial charge in [-0.1, -0.05) is 6.07 Å². The number of esters is 1. The van der Waals surface area contributed by atoms with Gasteiger partial charge in [-0.05, 0) is 32.4 Å². The number of nitrogens with zero attached hydrogens (tertiary/aromatic N) is 2. The minimum absolute atomic E-state index is 0.163. The lowest BCUT2D eigenvalue weighted by atomic mass is 10.1. The molecule has 0 heterocycles. The summed E-state index contributed by atoms with van der Waals surface area (Å²) in [6.07, 6.45) is -0.716. The van der Waals surface area contributed by atoms with E-state index in [9.17, 15) is 19.7 Å². The third kappa shape index (κ3) is 5.86. The van der Waals surface area contributed by atoms with Crippen molar-refractivity contribution >= 4 is 17.7 Å². The van der Waals surface area contributed by atoms with Gasteiger partial charge in [0.1, 0.15) is 5.60 Å². The number of nitro benzene ring substituents is 1. The molecule has 0 aliphatic heterocycles. The van der Waals surface area contributed by atoms with E-state index < -0.39 is 22.6 Å². The summed E-state index contributed by atoms with van der Waals surface area (Å²) >= 11 is 0. The molecular formula is C16H22N2O6. The lowest BCUT2D eigenvalue weighted by molar-refractivity contribution is -0.385. The molecule has 8 heteroatoms. The second kappa shape index (κ2) is 7.76. The maximum absolute atomic E-state index is 12.0. The van der Waals surface area contributed by atoms with Crippen LogP contribution in [0.2, 0.25) is 0 Å². The van der Waals surface area contributed by atoms with Crippen LogP contribution in [0.3, 0.4) is 0 Å². The van der Waals surface area contributed by atoms with E-state index in [-0.39, 0.29) is 24.2 Å². The van der Waals surface area contributed by atoms with E-state index in [1.54, 1.807) is 33.9 Å². The Labute approximate surface area is 140 Å². The molecule has 0 bridgehead atoms. The minimum Gasteiger partial charge on any atom is -0.469 e. The fourth-order valence-corrected chi connectivity index (χ4v) is 1.96. The molecule has 1 aromatic carbocycles. The van der Waals surface area contributed by atoms with Crippen molar-refractivity contribution in [3.05, 3.63) is 39.4 Å². The van der Waals surface area contributed by atoms with Gasteiger partial charge in [-0.3, -0.25) is 14.9 Å². The van der Waals surface area contributed by atoms with E-state index in [1.165, 1.54) is 24.1 Å². The highest BCUT2D eigenvalue weighted by molar-refractivity contribution is 5.74. The molecule has 0 spiro atoms. The molecule has 8 nitrogen and oxygen atoms in total. The molecular weight excluding hydrogens is 316 g/mol. The first-order valence-electron chi connectivity index (χ1n) is 7.30. The van der Waals surface area contributed by atoms with Gasteiger partial charge in [0.25, 0.3) is 5.69 Å². The van der Waals surface area contributed by atoms with Crippen molar-refractivity contribution in [3.63, 3.8) is 0 Å². The number of ether oxygens (including phenoxy) is 2. The summed E-state index contributed by atoms with van der Waals surface area (Å²) < 4.78 is 9.81. The molecule has 132 valence electrons. The molecule has 1 aromatic rings. The molecule has 0 radical (unpaired) electrons. The molecule has 0 fully saturated rings. The highest BCUT2D eigenvalue weighted by Gasteiger charge is 2.21. The van der Waals surface area contributed by atoms with Gasteiger partial charge in [-0.15, -0.1) is 0 Å². The van der Waals surface area contributed by atoms with Crippen LogP contribution in [0.1, 0.15) is 31.9 Å². The maximum Gasteiger partial charge on any atom is 0.410 e. The van der Waals surface area contributed by atoms with Gasteiger partial charge in [-0.25, -0.2) is 4.79 Å². The van der Waals surface area contributed by atoms with Gasteiger partial charge in [0, 0.05) is 25.2 Å². The highest BCUT2D eigenvalue weighted by atomic mass is 16.6. The van der Waals surface area contributed by atoms with Crippen molar-refractivity contribution in [2.24, 2.45) is 0 Å². The average Bonchev–Trinajstić information content (AvgIpc) is 2.45. The van der Waals surface area contributed by atoms with Gasteiger partial charge >= 0.3 is 12.1 Å². The van der Waals surface area contributed by atoms with Gasteiger partial charge in [0.2, 0.25) is 0 Å². The third-order valence-electron chi connectivity index (χ3n) is 3.03. The number of benzene rings is 1. The van der Waals surface area contributed by atoms with Crippen LogP contribution in [-0.2, 0) is 27.2 Å². The molecule has 0 aromatic heterocycles. The van der Waals surface area contributed by atoms with Crippen LogP contribution in [0, 0.1) is 10.1 Å². The highest BCUT2D eigenvalue weighted by Crippen LogP contribution is 2.22. The number of hydrogen-bond acceptors (Lipinski definition) is 6. The SMILES string of the molecule is COC(=O)Cc1cc(CN(C)C(=O)OC(C)(C)C)ccc1[N+](=O)[O-]. The number of hydrogen-bond donors (Lipinski definition) is 0. The Kier molecular flexibility index (Phi) is 6.27. The second-order valence-corrected chi connectivity index (χ2v) is 6.31. The summed E-state index contributed by atoms with van der Waals surface area (Å²) in [5.74, 6) is -0.573. The smallest absolute Gasteiger partial charge is 0.410 e. The molecule has 0 saturated heterocycles. The average molecular weight is 338 g/mol. The summed E-state index contributed by atoms with van der Waals surface area (Å²) in [4.78, 5) is 35.3. The molecule has 0 unspecified atom stereocenters. The lowest BCUT2D eigenvalue weighted by Crippen LogP contribution is -2.33. The number of methoxy groups -OCH3 is 1. The number of carbonyl (C=O) groups excluding carboxylic acids is 2. The normalized spacial score (nSPS) is 10.9. The Morgan fingerprint density at radius 1 is 1.29 bits per heavy atom. The zero-order chi connectivity index (χ0) is 18.5. The standard InChI is InChI=1S/C16H22N2O6/c1-16(2,3)24-15(20)17(4)10-11-6-7-13(18(21)22)12(8-11)9-14(19)23-5/h6-8H,9-10H2,1-5H3. The van der Waals surface area contributed by atoms with Crippen molar-refractivity contribution in [1.82, 2.24) is 4.90 Å². The minimum atomic E-state index is -0.614. The molecule has 0 aliphatic carbocycles. The van der Waals surface area contributed by atoms with Crippen LogP contribution in [0.5, 0.6) is 0 Å². The van der Waals surface area contributed by atoms with Crippen molar-refractivity contribution in [2.75, 3.05) is 14.2 Å². The monoisotopic (exact) mass is 338 g/mol. The number of carbonyl (C=O) groups is 2. The van der Waals surface area contributed by atoms with Gasteiger partial charge in [0.05, 0.1) is 18.5 Å². The van der Waals surface area contributed by atoms with Gasteiger partial charge < -0.3 is 14.4 Å². The molecule has 1 rings (SSSR count). The summed E-state index contributed by atoms with van der Waals surface area (Å²) in [5.41, 5.74) is 0.107. The van der Waals surface area contributed by atoms with E-state index in [1.807, 2.05) is 0 Å². The van der Waals surface area contributed by atoms with Crippen molar-refractivity contribution in [1.29, 1.82) is 0 Å². The predicted octanol–water partition coefficient (Wildman–Crippen LogP) is 2.68. The van der Waals surface area contributed by atoms with Crippen LogP contribution >= 0.6 is 0 Å². The Bertz CT molecular complexity index is 636. The van der Waals surface area contributed by atoms with Gasteiger partial charge in [0.15, 0.2) is 0 Å². The van der Waals surface area contributed by atoms with E-state index in [0.717, 1.165) is 0 Å². The second-order valence-electron chi connectivity index (χ2n) is 6.31. The van der Waals surface area contributed by atoms with E-state index in [0.29, 0.717) is 5.56 Å². The zero-order valence-corrected chi connectivity index (χ0v) is 14.5. The van der Waals surface area contributed by atoms with Crippen molar-refractivity contribution < 1.29 is 24.0 Å². The summed E-state index contributed by atoms with van der Waals surface area (Å²) in [5, 5.41) is 11.1. The van der Waals surface area contributed by atoms with Crippen LogP contribution < -0.4 is 0 Å². The number of nitro groups is 1. The molecule has 0 saturated carbocycles. The molecule has 0 atom stereocenters. The van der Waals surface area contributed by atoms with E-state index >= 15 is 0 Å². The summed E-state index contributed by atoms with van der Waals surface area (Å²) in [6, 6.07) is 4.38. The van der Waals surface area contributed by atoms with Crippen molar-refractivity contribution in [3.8, 4) is 0 Å². The Hall–Kier alpha value is -2.64. The van der Waals surface area contributed by atoms with Crippen molar-refractivity contribution in [2.45, 2.75) is 39.3 Å². The fourth-order valence-electron chi connectivity index (χ4n) is 1.96. The number of amides is 1. The lowest BCUT2D eigenvalue weighted by Gasteiger charge is -2.24. The Morgan fingerprint density at radius 2 is 1.92 bits per heavy atom. The largest absolute Gasteiger partial charge is 0.469 e. The summed E-state index contributed by atoms with van der Waals surface area (Å²) in [7, 11) is 2.78. The fraction of sp³-hybridized carbons (Fsp3) is 0.500. The topological polar surface area (TPSA) is 99.0 Å². The molecule has 0 N–H and O–H groups in total. The summed E-state index contributed by atoms with van der Waals surface area (Å²) in [6.45, 7) is 5.48. The predicted molar refractivity (Wildman–Crippen MR) is 86.5 cm³/mol. The van der Waals surface area contributed by atoms with Crippen LogP contribution in [0.4, 0.5) is 10.5 Å². The first-order valence-corrected chi connectivity index (χ1v) is 7.30. The van der Waals surface area contributed by atoms with Crippen LogP contribution in [0.15, 0.2) is 18.2 Å². The first kappa shape index (κ1) is 19.4. The Morgan fingerprint density at radius 3 is 2.42 bits per heavy atom. The molecule has 24 heavy (non-hydrogen) atoms. The molecule has 1 amide bonds. The van der Waals surface area contributed by atoms with E-state index in [2.05, 4.69) is 4.74 Å². The Balaban J connectivity index is 2.96. The van der Waals surface area contributed by atoms with E-state index in [4.69, 9.17) is 4.74 Å². The maximum atomic E-state index is 12.0. The van der Waals surface area contributed by atoms with Crippen LogP contribution in [-0.4, -0.2) is 41.6 Å². The molecule has 0 aliphatic rings.